The van der Waals surface area contributed by atoms with Gasteiger partial charge in [-0.05, 0) is 55.9 Å². The molecule has 0 aliphatic carbocycles. The van der Waals surface area contributed by atoms with Crippen LogP contribution in [0.25, 0.3) is 43.4 Å². The predicted octanol–water partition coefficient (Wildman–Crippen LogP) is 6.56. The average Bonchev–Trinajstić information content (AvgIpc) is 2.60. The quantitative estimate of drug-likeness (QED) is 0.307. The fourth-order valence-corrected chi connectivity index (χ4v) is 3.94. The molecule has 0 aliphatic rings. The van der Waals surface area contributed by atoms with E-state index in [9.17, 15) is 0 Å². The molecule has 5 rings (SSSR count). The first-order valence-electron chi connectivity index (χ1n) is 8.05. The van der Waals surface area contributed by atoms with Crippen molar-refractivity contribution < 1.29 is 0 Å². The van der Waals surface area contributed by atoms with Gasteiger partial charge in [0.1, 0.15) is 0 Å². The Morgan fingerprint density at radius 3 is 2.04 bits per heavy atom. The lowest BCUT2D eigenvalue weighted by molar-refractivity contribution is 1.50. The highest BCUT2D eigenvalue weighted by molar-refractivity contribution is 6.25. The van der Waals surface area contributed by atoms with Crippen molar-refractivity contribution in [2.45, 2.75) is 6.92 Å². The number of rotatable bonds is 1. The van der Waals surface area contributed by atoms with E-state index in [1.165, 1.54) is 49.0 Å². The topological polar surface area (TPSA) is 0 Å². The van der Waals surface area contributed by atoms with E-state index >= 15 is 0 Å². The van der Waals surface area contributed by atoms with Gasteiger partial charge in [-0.2, -0.15) is 0 Å². The van der Waals surface area contributed by atoms with Gasteiger partial charge >= 0.3 is 0 Å². The van der Waals surface area contributed by atoms with Crippen LogP contribution in [-0.4, -0.2) is 0 Å². The van der Waals surface area contributed by atoms with Crippen molar-refractivity contribution in [1.82, 2.24) is 0 Å². The van der Waals surface area contributed by atoms with Crippen molar-refractivity contribution in [1.29, 1.82) is 0 Å². The molecule has 0 atom stereocenters. The summed E-state index contributed by atoms with van der Waals surface area (Å²) in [7, 11) is 0. The summed E-state index contributed by atoms with van der Waals surface area (Å²) in [6, 6.07) is 28.7. The SMILES string of the molecule is Cc1cc2ccc3cccc4ccc(c1-c1ccccc1)c2c34. The summed E-state index contributed by atoms with van der Waals surface area (Å²) in [5.74, 6) is 0. The number of hydrogen-bond donors (Lipinski definition) is 0. The lowest BCUT2D eigenvalue weighted by Gasteiger charge is -2.16. The van der Waals surface area contributed by atoms with Crippen LogP contribution in [0.4, 0.5) is 0 Å². The monoisotopic (exact) mass is 292 g/mol. The molecule has 0 aliphatic heterocycles. The second kappa shape index (κ2) is 4.57. The van der Waals surface area contributed by atoms with Gasteiger partial charge in [0.15, 0.2) is 0 Å². The molecule has 108 valence electrons. The molecule has 0 amide bonds. The predicted molar refractivity (Wildman–Crippen MR) is 100 cm³/mol. The Morgan fingerprint density at radius 2 is 1.26 bits per heavy atom. The van der Waals surface area contributed by atoms with Crippen molar-refractivity contribution in [3.05, 3.63) is 84.4 Å². The number of aryl methyl sites for hydroxylation is 1. The second-order valence-electron chi connectivity index (χ2n) is 6.29. The molecule has 0 N–H and O–H groups in total. The zero-order valence-corrected chi connectivity index (χ0v) is 13.0. The molecule has 0 saturated heterocycles. The maximum atomic E-state index is 2.33. The molecule has 0 spiro atoms. The number of benzene rings is 5. The molecule has 0 bridgehead atoms. The van der Waals surface area contributed by atoms with Crippen LogP contribution >= 0.6 is 0 Å². The largest absolute Gasteiger partial charge is 0.0622 e. The molecule has 0 nitrogen and oxygen atoms in total. The smallest absolute Gasteiger partial charge is 0.00204 e. The third-order valence-corrected chi connectivity index (χ3v) is 4.91. The lowest BCUT2D eigenvalue weighted by atomic mass is 9.87. The van der Waals surface area contributed by atoms with Crippen molar-refractivity contribution in [2.75, 3.05) is 0 Å². The van der Waals surface area contributed by atoms with Crippen LogP contribution in [0.3, 0.4) is 0 Å². The van der Waals surface area contributed by atoms with Crippen molar-refractivity contribution in [3.8, 4) is 11.1 Å². The van der Waals surface area contributed by atoms with Crippen LogP contribution in [0, 0.1) is 6.92 Å². The Hall–Kier alpha value is -2.86. The van der Waals surface area contributed by atoms with E-state index in [1.807, 2.05) is 0 Å². The van der Waals surface area contributed by atoms with Crippen LogP contribution in [0.2, 0.25) is 0 Å². The van der Waals surface area contributed by atoms with Crippen molar-refractivity contribution in [2.24, 2.45) is 0 Å². The normalized spacial score (nSPS) is 11.7. The molecular weight excluding hydrogens is 276 g/mol. The molecule has 0 fully saturated rings. The van der Waals surface area contributed by atoms with Crippen LogP contribution in [0.15, 0.2) is 78.9 Å². The highest BCUT2D eigenvalue weighted by Crippen LogP contribution is 2.40. The summed E-state index contributed by atoms with van der Waals surface area (Å²) < 4.78 is 0. The summed E-state index contributed by atoms with van der Waals surface area (Å²) in [6.45, 7) is 2.22. The maximum absolute atomic E-state index is 2.33. The molecular formula is C23H16. The van der Waals surface area contributed by atoms with Gasteiger partial charge in [-0.15, -0.1) is 0 Å². The molecule has 23 heavy (non-hydrogen) atoms. The highest BCUT2D eigenvalue weighted by atomic mass is 14.2. The zero-order valence-electron chi connectivity index (χ0n) is 13.0. The second-order valence-corrected chi connectivity index (χ2v) is 6.29. The van der Waals surface area contributed by atoms with E-state index in [0.29, 0.717) is 0 Å². The summed E-state index contributed by atoms with van der Waals surface area (Å²) >= 11 is 0. The first kappa shape index (κ1) is 12.7. The fraction of sp³-hybridized carbons (Fsp3) is 0.0435. The van der Waals surface area contributed by atoms with Gasteiger partial charge in [0.25, 0.3) is 0 Å². The number of hydrogen-bond acceptors (Lipinski definition) is 0. The van der Waals surface area contributed by atoms with Gasteiger partial charge in [0.05, 0.1) is 0 Å². The highest BCUT2D eigenvalue weighted by Gasteiger charge is 2.13. The molecule has 0 radical (unpaired) electrons. The molecule has 0 saturated carbocycles. The maximum Gasteiger partial charge on any atom is -0.00204 e. The molecule has 0 unspecified atom stereocenters. The first-order valence-corrected chi connectivity index (χ1v) is 8.05. The van der Waals surface area contributed by atoms with E-state index in [2.05, 4.69) is 85.8 Å². The van der Waals surface area contributed by atoms with E-state index in [-0.39, 0.29) is 0 Å². The van der Waals surface area contributed by atoms with Crippen LogP contribution in [0.5, 0.6) is 0 Å². The third kappa shape index (κ3) is 1.72. The fourth-order valence-electron chi connectivity index (χ4n) is 3.94. The molecule has 0 heteroatoms. The lowest BCUT2D eigenvalue weighted by Crippen LogP contribution is -1.90. The van der Waals surface area contributed by atoms with E-state index < -0.39 is 0 Å². The van der Waals surface area contributed by atoms with Gasteiger partial charge in [-0.1, -0.05) is 78.9 Å². The summed E-state index contributed by atoms with van der Waals surface area (Å²) in [5, 5.41) is 8.12. The zero-order chi connectivity index (χ0) is 15.4. The minimum Gasteiger partial charge on any atom is -0.0622 e. The van der Waals surface area contributed by atoms with Crippen LogP contribution in [-0.2, 0) is 0 Å². The Labute approximate surface area is 135 Å². The van der Waals surface area contributed by atoms with Gasteiger partial charge < -0.3 is 0 Å². The van der Waals surface area contributed by atoms with Crippen molar-refractivity contribution in [3.63, 3.8) is 0 Å². The third-order valence-electron chi connectivity index (χ3n) is 4.91. The Kier molecular flexibility index (Phi) is 2.51. The van der Waals surface area contributed by atoms with E-state index in [1.54, 1.807) is 0 Å². The molecule has 5 aromatic carbocycles. The van der Waals surface area contributed by atoms with Crippen molar-refractivity contribution >= 4 is 32.3 Å². The van der Waals surface area contributed by atoms with Crippen LogP contribution in [0.1, 0.15) is 5.56 Å². The van der Waals surface area contributed by atoms with E-state index in [0.717, 1.165) is 0 Å². The Morgan fingerprint density at radius 1 is 0.565 bits per heavy atom. The van der Waals surface area contributed by atoms with E-state index in [4.69, 9.17) is 0 Å². The van der Waals surface area contributed by atoms with Gasteiger partial charge in [-0.25, -0.2) is 0 Å². The molecule has 5 aromatic rings. The molecule has 0 aromatic heterocycles. The minimum atomic E-state index is 1.29. The Bertz CT molecular complexity index is 1130. The first-order chi connectivity index (χ1) is 11.3. The summed E-state index contributed by atoms with van der Waals surface area (Å²) in [6.07, 6.45) is 0. The Balaban J connectivity index is 2.06. The average molecular weight is 292 g/mol. The van der Waals surface area contributed by atoms with Gasteiger partial charge in [-0.3, -0.25) is 0 Å². The molecule has 0 heterocycles. The minimum absolute atomic E-state index is 1.29. The van der Waals surface area contributed by atoms with Crippen LogP contribution < -0.4 is 0 Å². The summed E-state index contributed by atoms with van der Waals surface area (Å²) in [5.41, 5.74) is 3.99. The summed E-state index contributed by atoms with van der Waals surface area (Å²) in [4.78, 5) is 0. The van der Waals surface area contributed by atoms with Gasteiger partial charge in [0, 0.05) is 0 Å². The standard InChI is InChI=1S/C23H16/c1-15-14-19-11-10-17-8-5-9-18-12-13-20(23(19)22(17)18)21(15)16-6-3-2-4-7-16/h2-14H,1H3. The van der Waals surface area contributed by atoms with Gasteiger partial charge in [0.2, 0.25) is 0 Å².